The maximum Gasteiger partial charge on any atom is 0.410 e. The van der Waals surface area contributed by atoms with Gasteiger partial charge in [-0.25, -0.2) is 4.79 Å². The van der Waals surface area contributed by atoms with Gasteiger partial charge in [-0.05, 0) is 58.6 Å². The van der Waals surface area contributed by atoms with Gasteiger partial charge in [0.2, 0.25) is 0 Å². The summed E-state index contributed by atoms with van der Waals surface area (Å²) in [7, 11) is 0. The number of amides is 2. The molecule has 0 radical (unpaired) electrons. The van der Waals surface area contributed by atoms with Gasteiger partial charge in [0.25, 0.3) is 5.91 Å². The Bertz CT molecular complexity index is 766. The highest BCUT2D eigenvalue weighted by Gasteiger charge is 2.40. The fourth-order valence-corrected chi connectivity index (χ4v) is 4.00. The molecule has 0 atom stereocenters. The molecule has 1 aromatic carbocycles. The first-order valence-electron chi connectivity index (χ1n) is 9.55. The highest BCUT2D eigenvalue weighted by molar-refractivity contribution is 6.36. The van der Waals surface area contributed by atoms with Crippen LogP contribution in [0.2, 0.25) is 10.0 Å². The van der Waals surface area contributed by atoms with Gasteiger partial charge in [0.15, 0.2) is 0 Å². The van der Waals surface area contributed by atoms with E-state index in [0.717, 1.165) is 12.8 Å². The molecule has 1 aliphatic heterocycles. The number of likely N-dealkylation sites (tertiary alicyclic amines) is 1. The number of phenolic OH excluding ortho intramolecular Hbond substituents is 1. The summed E-state index contributed by atoms with van der Waals surface area (Å²) >= 11 is 12.0. The van der Waals surface area contributed by atoms with E-state index in [-0.39, 0.29) is 40.4 Å². The molecule has 1 saturated heterocycles. The molecule has 1 aromatic rings. The van der Waals surface area contributed by atoms with Gasteiger partial charge >= 0.3 is 6.09 Å². The molecule has 2 amide bonds. The van der Waals surface area contributed by atoms with Gasteiger partial charge in [0.1, 0.15) is 11.4 Å². The van der Waals surface area contributed by atoms with E-state index in [4.69, 9.17) is 27.9 Å². The number of halogens is 2. The maximum atomic E-state index is 13.2. The van der Waals surface area contributed by atoms with E-state index in [9.17, 15) is 14.7 Å². The van der Waals surface area contributed by atoms with Gasteiger partial charge in [-0.2, -0.15) is 0 Å². The van der Waals surface area contributed by atoms with Crippen molar-refractivity contribution in [3.8, 4) is 5.75 Å². The molecular weight excluding hydrogens is 403 g/mol. The second-order valence-electron chi connectivity index (χ2n) is 8.43. The number of benzene rings is 1. The van der Waals surface area contributed by atoms with Gasteiger partial charge in [0, 0.05) is 30.2 Å². The molecular formula is C20H26Cl2N2O4. The van der Waals surface area contributed by atoms with Crippen LogP contribution in [0, 0.1) is 0 Å². The van der Waals surface area contributed by atoms with Crippen molar-refractivity contribution in [3.05, 3.63) is 27.7 Å². The first kappa shape index (κ1) is 21.1. The molecule has 1 aliphatic carbocycles. The Morgan fingerprint density at radius 2 is 1.68 bits per heavy atom. The van der Waals surface area contributed by atoms with Crippen molar-refractivity contribution < 1.29 is 19.4 Å². The zero-order valence-corrected chi connectivity index (χ0v) is 17.9. The number of carbonyl (C=O) groups excluding carboxylic acids is 2. The van der Waals surface area contributed by atoms with Crippen molar-refractivity contribution in [1.82, 2.24) is 9.80 Å². The smallest absolute Gasteiger partial charge is 0.410 e. The zero-order valence-electron chi connectivity index (χ0n) is 16.4. The number of aromatic hydroxyl groups is 1. The first-order chi connectivity index (χ1) is 13.1. The Balaban J connectivity index is 1.71. The van der Waals surface area contributed by atoms with Crippen LogP contribution in [0.3, 0.4) is 0 Å². The van der Waals surface area contributed by atoms with Crippen molar-refractivity contribution in [2.75, 3.05) is 13.1 Å². The molecule has 2 aliphatic rings. The van der Waals surface area contributed by atoms with E-state index in [2.05, 4.69) is 0 Å². The molecule has 1 saturated carbocycles. The van der Waals surface area contributed by atoms with E-state index >= 15 is 0 Å². The summed E-state index contributed by atoms with van der Waals surface area (Å²) in [4.78, 5) is 29.0. The summed E-state index contributed by atoms with van der Waals surface area (Å²) in [5.74, 6) is -0.506. The minimum absolute atomic E-state index is 0.00385. The van der Waals surface area contributed by atoms with Crippen LogP contribution < -0.4 is 0 Å². The summed E-state index contributed by atoms with van der Waals surface area (Å²) in [6.45, 7) is 6.58. The first-order valence-corrected chi connectivity index (χ1v) is 10.3. The van der Waals surface area contributed by atoms with Crippen molar-refractivity contribution in [1.29, 1.82) is 0 Å². The highest BCUT2D eigenvalue weighted by atomic mass is 35.5. The third kappa shape index (κ3) is 4.84. The lowest BCUT2D eigenvalue weighted by Gasteiger charge is -2.39. The lowest BCUT2D eigenvalue weighted by Crippen LogP contribution is -2.50. The lowest BCUT2D eigenvalue weighted by atomic mass is 10.0. The van der Waals surface area contributed by atoms with Crippen molar-refractivity contribution >= 4 is 35.2 Å². The predicted octanol–water partition coefficient (Wildman–Crippen LogP) is 4.70. The molecule has 0 bridgehead atoms. The van der Waals surface area contributed by atoms with E-state index in [1.807, 2.05) is 25.7 Å². The molecule has 154 valence electrons. The number of rotatable bonds is 3. The van der Waals surface area contributed by atoms with Crippen LogP contribution >= 0.6 is 23.2 Å². The number of hydrogen-bond acceptors (Lipinski definition) is 4. The van der Waals surface area contributed by atoms with Crippen LogP contribution in [0.4, 0.5) is 4.79 Å². The van der Waals surface area contributed by atoms with E-state index in [1.54, 1.807) is 4.90 Å². The van der Waals surface area contributed by atoms with Gasteiger partial charge in [-0.3, -0.25) is 4.79 Å². The van der Waals surface area contributed by atoms with Gasteiger partial charge in [-0.15, -0.1) is 0 Å². The molecule has 0 spiro atoms. The van der Waals surface area contributed by atoms with Crippen molar-refractivity contribution in [3.63, 3.8) is 0 Å². The van der Waals surface area contributed by atoms with E-state index < -0.39 is 5.60 Å². The standard InChI is InChI=1S/C20H26Cl2N2O4/c1-20(2,3)28-19(27)23-8-6-14(7-9-23)24(13-4-5-13)18(26)15-10-12(21)11-16(22)17(15)25/h10-11,13-14,25H,4-9H2,1-3H3. The third-order valence-electron chi connectivity index (χ3n) is 4.94. The predicted molar refractivity (Wildman–Crippen MR) is 108 cm³/mol. The quantitative estimate of drug-likeness (QED) is 0.756. The topological polar surface area (TPSA) is 70.1 Å². The summed E-state index contributed by atoms with van der Waals surface area (Å²) in [5.41, 5.74) is -0.410. The average molecular weight is 429 g/mol. The number of carbonyl (C=O) groups is 2. The SMILES string of the molecule is CC(C)(C)OC(=O)N1CCC(N(C(=O)c2cc(Cl)cc(Cl)c2O)C2CC2)CC1. The van der Waals surface area contributed by atoms with E-state index in [1.165, 1.54) is 12.1 Å². The van der Waals surface area contributed by atoms with Crippen LogP contribution in [0.15, 0.2) is 12.1 Å². The molecule has 6 nitrogen and oxygen atoms in total. The Labute approximate surface area is 175 Å². The van der Waals surface area contributed by atoms with Crippen molar-refractivity contribution in [2.45, 2.75) is 64.1 Å². The summed E-state index contributed by atoms with van der Waals surface area (Å²) in [6, 6.07) is 3.02. The average Bonchev–Trinajstić information content (AvgIpc) is 3.42. The Kier molecular flexibility index (Phi) is 6.01. The molecule has 1 heterocycles. The number of ether oxygens (including phenoxy) is 1. The molecule has 8 heteroatoms. The fraction of sp³-hybridized carbons (Fsp3) is 0.600. The van der Waals surface area contributed by atoms with Crippen LogP contribution in [-0.4, -0.2) is 57.7 Å². The van der Waals surface area contributed by atoms with Crippen LogP contribution in [0.5, 0.6) is 5.75 Å². The van der Waals surface area contributed by atoms with Crippen LogP contribution in [-0.2, 0) is 4.74 Å². The zero-order chi connectivity index (χ0) is 20.6. The van der Waals surface area contributed by atoms with Crippen LogP contribution in [0.1, 0.15) is 56.8 Å². The molecule has 0 unspecified atom stereocenters. The number of piperidine rings is 1. The minimum Gasteiger partial charge on any atom is -0.506 e. The number of hydrogen-bond donors (Lipinski definition) is 1. The summed E-state index contributed by atoms with van der Waals surface area (Å²) in [6.07, 6.45) is 2.88. The Hall–Kier alpha value is -1.66. The van der Waals surface area contributed by atoms with Crippen molar-refractivity contribution in [2.24, 2.45) is 0 Å². The molecule has 28 heavy (non-hydrogen) atoms. The molecule has 1 N–H and O–H groups in total. The lowest BCUT2D eigenvalue weighted by molar-refractivity contribution is 0.0142. The maximum absolute atomic E-state index is 13.2. The third-order valence-corrected chi connectivity index (χ3v) is 5.45. The monoisotopic (exact) mass is 428 g/mol. The molecule has 0 aromatic heterocycles. The normalized spacial score (nSPS) is 18.1. The Morgan fingerprint density at radius 1 is 1.11 bits per heavy atom. The Morgan fingerprint density at radius 3 is 2.21 bits per heavy atom. The second-order valence-corrected chi connectivity index (χ2v) is 9.27. The van der Waals surface area contributed by atoms with Gasteiger partial charge in [0.05, 0.1) is 10.6 Å². The van der Waals surface area contributed by atoms with Crippen LogP contribution in [0.25, 0.3) is 0 Å². The number of phenols is 1. The largest absolute Gasteiger partial charge is 0.506 e. The second kappa shape index (κ2) is 7.99. The minimum atomic E-state index is -0.534. The molecule has 2 fully saturated rings. The highest BCUT2D eigenvalue weighted by Crippen LogP contribution is 2.37. The number of nitrogens with zero attached hydrogens (tertiary/aromatic N) is 2. The summed E-state index contributed by atoms with van der Waals surface area (Å²) < 4.78 is 5.44. The van der Waals surface area contributed by atoms with Gasteiger partial charge < -0.3 is 19.6 Å². The van der Waals surface area contributed by atoms with E-state index in [0.29, 0.717) is 31.0 Å². The summed E-state index contributed by atoms with van der Waals surface area (Å²) in [5, 5.41) is 10.6. The fourth-order valence-electron chi connectivity index (χ4n) is 3.50. The molecule has 3 rings (SSSR count). The van der Waals surface area contributed by atoms with Gasteiger partial charge in [-0.1, -0.05) is 23.2 Å².